The van der Waals surface area contributed by atoms with Gasteiger partial charge >= 0.3 is 0 Å². The van der Waals surface area contributed by atoms with Gasteiger partial charge in [0, 0.05) is 63.8 Å². The van der Waals surface area contributed by atoms with Crippen molar-refractivity contribution in [2.24, 2.45) is 0 Å². The minimum absolute atomic E-state index is 0.0470. The van der Waals surface area contributed by atoms with Gasteiger partial charge in [-0.15, -0.1) is 0 Å². The Hall–Kier alpha value is -4.36. The first-order valence-corrected chi connectivity index (χ1v) is 13.9. The van der Waals surface area contributed by atoms with Crippen molar-refractivity contribution >= 4 is 11.8 Å². The summed E-state index contributed by atoms with van der Waals surface area (Å²) >= 11 is 0. The van der Waals surface area contributed by atoms with E-state index in [1.807, 2.05) is 41.3 Å². The molecule has 7 heteroatoms. The topological polar surface area (TPSA) is 78.4 Å². The first-order valence-electron chi connectivity index (χ1n) is 13.9. The zero-order chi connectivity index (χ0) is 27.6. The molecule has 2 aromatic carbocycles. The number of carbonyl (C=O) groups excluding carboxylic acids is 2. The number of amides is 2. The number of nitrogens with one attached hydrogen (secondary N) is 1. The smallest absolute Gasteiger partial charge is 0.245 e. The number of piperazine rings is 1. The van der Waals surface area contributed by atoms with Crippen molar-refractivity contribution in [2.45, 2.75) is 31.3 Å². The second-order valence-corrected chi connectivity index (χ2v) is 10.1. The molecular formula is C33H35N5O2. The molecule has 2 amide bonds. The van der Waals surface area contributed by atoms with E-state index in [2.05, 4.69) is 68.7 Å². The minimum atomic E-state index is -0.642. The van der Waals surface area contributed by atoms with E-state index in [0.717, 1.165) is 24.2 Å². The Morgan fingerprint density at radius 1 is 0.725 bits per heavy atom. The lowest BCUT2D eigenvalue weighted by Gasteiger charge is -2.40. The van der Waals surface area contributed by atoms with Crippen LogP contribution in [0.5, 0.6) is 0 Å². The molecule has 40 heavy (non-hydrogen) atoms. The number of benzene rings is 2. The Morgan fingerprint density at radius 2 is 1.30 bits per heavy atom. The fourth-order valence-corrected chi connectivity index (χ4v) is 5.33. The number of rotatable bonds is 10. The molecule has 1 atom stereocenters. The van der Waals surface area contributed by atoms with Crippen molar-refractivity contribution in [1.29, 1.82) is 0 Å². The highest BCUT2D eigenvalue weighted by Gasteiger charge is 2.32. The molecule has 0 aliphatic carbocycles. The van der Waals surface area contributed by atoms with Crippen molar-refractivity contribution < 1.29 is 9.59 Å². The number of hydrogen-bond donors (Lipinski definition) is 1. The van der Waals surface area contributed by atoms with E-state index in [-0.39, 0.29) is 17.9 Å². The van der Waals surface area contributed by atoms with E-state index >= 15 is 0 Å². The summed E-state index contributed by atoms with van der Waals surface area (Å²) in [6.07, 6.45) is 8.23. The third-order valence-electron chi connectivity index (χ3n) is 7.38. The highest BCUT2D eigenvalue weighted by atomic mass is 16.2. The van der Waals surface area contributed by atoms with Gasteiger partial charge in [-0.2, -0.15) is 0 Å². The summed E-state index contributed by atoms with van der Waals surface area (Å²) in [5.41, 5.74) is 4.39. The van der Waals surface area contributed by atoms with Crippen molar-refractivity contribution in [1.82, 2.24) is 25.1 Å². The van der Waals surface area contributed by atoms with Crippen LogP contribution in [0.15, 0.2) is 110 Å². The number of pyridine rings is 2. The van der Waals surface area contributed by atoms with Crippen LogP contribution in [0.25, 0.3) is 0 Å². The number of hydrogen-bond acceptors (Lipinski definition) is 5. The Labute approximate surface area is 235 Å². The van der Waals surface area contributed by atoms with E-state index in [9.17, 15) is 9.59 Å². The monoisotopic (exact) mass is 533 g/mol. The van der Waals surface area contributed by atoms with Crippen LogP contribution in [0.1, 0.15) is 34.7 Å². The molecule has 4 aromatic rings. The molecule has 1 saturated heterocycles. The molecule has 1 aliphatic heterocycles. The molecule has 0 bridgehead atoms. The second-order valence-electron chi connectivity index (χ2n) is 10.1. The van der Waals surface area contributed by atoms with Crippen LogP contribution in [0.2, 0.25) is 0 Å². The van der Waals surface area contributed by atoms with Gasteiger partial charge < -0.3 is 10.2 Å². The van der Waals surface area contributed by atoms with Crippen molar-refractivity contribution in [3.8, 4) is 0 Å². The predicted molar refractivity (Wildman–Crippen MR) is 155 cm³/mol. The zero-order valence-corrected chi connectivity index (χ0v) is 22.6. The SMILES string of the molecule is O=C(CCc1cccnc1)NC(Cc1cccnc1)C(=O)N1CCN(C(c2ccccc2)c2ccccc2)CC1. The van der Waals surface area contributed by atoms with Gasteiger partial charge in [0.15, 0.2) is 0 Å². The molecule has 204 valence electrons. The van der Waals surface area contributed by atoms with E-state index in [1.165, 1.54) is 11.1 Å². The van der Waals surface area contributed by atoms with Gasteiger partial charge in [0.1, 0.15) is 6.04 Å². The summed E-state index contributed by atoms with van der Waals surface area (Å²) in [5.74, 6) is -0.188. The average molecular weight is 534 g/mol. The van der Waals surface area contributed by atoms with E-state index in [1.54, 1.807) is 24.8 Å². The molecule has 5 rings (SSSR count). The number of nitrogens with zero attached hydrogens (tertiary/aromatic N) is 4. The van der Waals surface area contributed by atoms with Gasteiger partial charge in [-0.1, -0.05) is 72.8 Å². The number of aryl methyl sites for hydroxylation is 1. The summed E-state index contributed by atoms with van der Waals surface area (Å²) < 4.78 is 0. The van der Waals surface area contributed by atoms with Gasteiger partial charge in [-0.05, 0) is 40.8 Å². The summed E-state index contributed by atoms with van der Waals surface area (Å²) in [6.45, 7) is 2.69. The van der Waals surface area contributed by atoms with Crippen LogP contribution < -0.4 is 5.32 Å². The van der Waals surface area contributed by atoms with Crippen LogP contribution in [0, 0.1) is 0 Å². The lowest BCUT2D eigenvalue weighted by molar-refractivity contribution is -0.138. The summed E-state index contributed by atoms with van der Waals surface area (Å²) in [5, 5.41) is 3.03. The van der Waals surface area contributed by atoms with Crippen molar-refractivity contribution in [2.75, 3.05) is 26.2 Å². The molecule has 0 saturated carbocycles. The quantitative estimate of drug-likeness (QED) is 0.333. The molecule has 1 N–H and O–H groups in total. The maximum Gasteiger partial charge on any atom is 0.245 e. The molecule has 3 heterocycles. The van der Waals surface area contributed by atoms with Crippen LogP contribution in [0.3, 0.4) is 0 Å². The van der Waals surface area contributed by atoms with Gasteiger partial charge in [-0.25, -0.2) is 0 Å². The normalized spacial score (nSPS) is 14.6. The number of aromatic nitrogens is 2. The maximum absolute atomic E-state index is 13.8. The molecule has 1 fully saturated rings. The highest BCUT2D eigenvalue weighted by Crippen LogP contribution is 2.29. The van der Waals surface area contributed by atoms with Gasteiger partial charge in [0.2, 0.25) is 11.8 Å². The first-order chi connectivity index (χ1) is 19.7. The molecule has 1 aliphatic rings. The fourth-order valence-electron chi connectivity index (χ4n) is 5.33. The first kappa shape index (κ1) is 27.2. The Morgan fingerprint density at radius 3 is 1.85 bits per heavy atom. The van der Waals surface area contributed by atoms with E-state index in [4.69, 9.17) is 0 Å². The Bertz CT molecular complexity index is 1310. The summed E-state index contributed by atoms with van der Waals surface area (Å²) in [7, 11) is 0. The summed E-state index contributed by atoms with van der Waals surface area (Å²) in [4.78, 5) is 39.4. The lowest BCUT2D eigenvalue weighted by Crippen LogP contribution is -2.56. The average Bonchev–Trinajstić information content (AvgIpc) is 3.02. The van der Waals surface area contributed by atoms with Gasteiger partial charge in [0.25, 0.3) is 0 Å². The van der Waals surface area contributed by atoms with E-state index < -0.39 is 6.04 Å². The Kier molecular flexibility index (Phi) is 9.27. The predicted octanol–water partition coefficient (Wildman–Crippen LogP) is 4.07. The van der Waals surface area contributed by atoms with Crippen LogP contribution in [-0.4, -0.2) is 63.8 Å². The molecule has 2 aromatic heterocycles. The Balaban J connectivity index is 1.26. The van der Waals surface area contributed by atoms with Crippen LogP contribution >= 0.6 is 0 Å². The molecule has 7 nitrogen and oxygen atoms in total. The zero-order valence-electron chi connectivity index (χ0n) is 22.6. The highest BCUT2D eigenvalue weighted by molar-refractivity contribution is 5.88. The molecular weight excluding hydrogens is 498 g/mol. The molecule has 0 spiro atoms. The largest absolute Gasteiger partial charge is 0.344 e. The standard InChI is InChI=1S/C33H35N5O2/c39-31(16-15-26-9-7-17-34-24-26)36-30(23-27-10-8-18-35-25-27)33(40)38-21-19-37(20-22-38)32(28-11-3-1-4-12-28)29-13-5-2-6-14-29/h1-14,17-18,24-25,30,32H,15-16,19-23H2,(H,36,39). The summed E-state index contributed by atoms with van der Waals surface area (Å²) in [6, 6.07) is 28.1. The second kappa shape index (κ2) is 13.6. The van der Waals surface area contributed by atoms with Crippen molar-refractivity contribution in [3.63, 3.8) is 0 Å². The van der Waals surface area contributed by atoms with Crippen LogP contribution in [-0.2, 0) is 22.4 Å². The fraction of sp³-hybridized carbons (Fsp3) is 0.273. The third kappa shape index (κ3) is 7.18. The van der Waals surface area contributed by atoms with E-state index in [0.29, 0.717) is 32.4 Å². The third-order valence-corrected chi connectivity index (χ3v) is 7.38. The molecule has 0 radical (unpaired) electrons. The van der Waals surface area contributed by atoms with Crippen LogP contribution in [0.4, 0.5) is 0 Å². The van der Waals surface area contributed by atoms with Gasteiger partial charge in [-0.3, -0.25) is 24.5 Å². The minimum Gasteiger partial charge on any atom is -0.344 e. The van der Waals surface area contributed by atoms with Gasteiger partial charge in [0.05, 0.1) is 6.04 Å². The molecule has 1 unspecified atom stereocenters. The van der Waals surface area contributed by atoms with Crippen molar-refractivity contribution in [3.05, 3.63) is 132 Å². The lowest BCUT2D eigenvalue weighted by atomic mass is 9.96. The maximum atomic E-state index is 13.8. The number of carbonyl (C=O) groups is 2.